The van der Waals surface area contributed by atoms with E-state index in [-0.39, 0.29) is 11.8 Å². The zero-order chi connectivity index (χ0) is 28.5. The van der Waals surface area contributed by atoms with E-state index in [1.807, 2.05) is 19.0 Å². The maximum Gasteiger partial charge on any atom is 0.246 e. The monoisotopic (exact) mass is 542 g/mol. The summed E-state index contributed by atoms with van der Waals surface area (Å²) in [7, 11) is 5.49. The second-order valence-corrected chi connectivity index (χ2v) is 9.75. The van der Waals surface area contributed by atoms with E-state index >= 15 is 0 Å². The van der Waals surface area contributed by atoms with Crippen molar-refractivity contribution in [1.29, 1.82) is 0 Å². The first-order valence-electron chi connectivity index (χ1n) is 13.8. The van der Waals surface area contributed by atoms with Crippen LogP contribution in [0.4, 0.5) is 11.8 Å². The number of ether oxygens (including phenoxy) is 1. The number of aromatic nitrogens is 2. The highest BCUT2D eigenvalue weighted by Crippen LogP contribution is 2.13. The molecule has 2 rings (SSSR count). The Bertz CT molecular complexity index is 983. The normalized spacial score (nSPS) is 14.5. The molecular formula is C28H46N8O3. The van der Waals surface area contributed by atoms with Crippen LogP contribution in [-0.4, -0.2) is 123 Å². The van der Waals surface area contributed by atoms with Gasteiger partial charge >= 0.3 is 0 Å². The smallest absolute Gasteiger partial charge is 0.246 e. The number of anilines is 2. The van der Waals surface area contributed by atoms with Crippen molar-refractivity contribution >= 4 is 23.6 Å². The van der Waals surface area contributed by atoms with E-state index in [9.17, 15) is 9.59 Å². The lowest BCUT2D eigenvalue weighted by Gasteiger charge is -2.26. The number of unbranched alkanes of at least 4 members (excludes halogenated alkanes) is 1. The molecule has 0 spiro atoms. The molecule has 216 valence electrons. The lowest BCUT2D eigenvalue weighted by molar-refractivity contribution is -0.135. The summed E-state index contributed by atoms with van der Waals surface area (Å²) < 4.78 is 5.39. The molecule has 11 nitrogen and oxygen atoms in total. The van der Waals surface area contributed by atoms with E-state index in [4.69, 9.17) is 4.74 Å². The fraction of sp³-hybridized carbons (Fsp3) is 0.643. The summed E-state index contributed by atoms with van der Waals surface area (Å²) in [5, 5.41) is 9.54. The Morgan fingerprint density at radius 2 is 1.95 bits per heavy atom. The van der Waals surface area contributed by atoms with Crippen LogP contribution in [-0.2, 0) is 14.3 Å². The Balaban J connectivity index is 1.79. The van der Waals surface area contributed by atoms with Crippen molar-refractivity contribution in [3.05, 3.63) is 23.9 Å². The van der Waals surface area contributed by atoms with Gasteiger partial charge in [-0.15, -0.1) is 0 Å². The van der Waals surface area contributed by atoms with Gasteiger partial charge in [-0.05, 0) is 33.9 Å². The summed E-state index contributed by atoms with van der Waals surface area (Å²) >= 11 is 0. The minimum Gasteiger partial charge on any atom is -0.379 e. The fourth-order valence-electron chi connectivity index (χ4n) is 3.63. The molecule has 0 saturated carbocycles. The summed E-state index contributed by atoms with van der Waals surface area (Å²) in [4.78, 5) is 39.5. The maximum absolute atomic E-state index is 12.5. The summed E-state index contributed by atoms with van der Waals surface area (Å²) in [6.07, 6.45) is 7.32. The fourth-order valence-corrected chi connectivity index (χ4v) is 3.63. The van der Waals surface area contributed by atoms with E-state index in [0.29, 0.717) is 31.9 Å². The molecule has 3 N–H and O–H groups in total. The molecule has 1 aliphatic heterocycles. The van der Waals surface area contributed by atoms with Crippen molar-refractivity contribution in [2.45, 2.75) is 39.2 Å². The van der Waals surface area contributed by atoms with Crippen molar-refractivity contribution < 1.29 is 14.3 Å². The van der Waals surface area contributed by atoms with Gasteiger partial charge < -0.3 is 30.5 Å². The number of rotatable bonds is 15. The number of nitrogens with zero attached hydrogens (tertiary/aromatic N) is 5. The van der Waals surface area contributed by atoms with Gasteiger partial charge in [0.05, 0.1) is 25.0 Å². The van der Waals surface area contributed by atoms with E-state index in [1.165, 1.54) is 11.0 Å². The average Bonchev–Trinajstić information content (AvgIpc) is 2.93. The average molecular weight is 543 g/mol. The van der Waals surface area contributed by atoms with E-state index in [2.05, 4.69) is 49.6 Å². The highest BCUT2D eigenvalue weighted by Gasteiger charge is 2.20. The van der Waals surface area contributed by atoms with Gasteiger partial charge in [-0.1, -0.05) is 24.8 Å². The summed E-state index contributed by atoms with van der Waals surface area (Å²) in [6, 6.07) is -0.557. The Morgan fingerprint density at radius 3 is 2.67 bits per heavy atom. The second kappa shape index (κ2) is 18.2. The molecule has 1 aliphatic rings. The lowest BCUT2D eigenvalue weighted by atomic mass is 10.2. The Kier molecular flexibility index (Phi) is 14.9. The van der Waals surface area contributed by atoms with Crippen molar-refractivity contribution in [2.24, 2.45) is 0 Å². The number of hydrogen-bond acceptors (Lipinski definition) is 9. The third kappa shape index (κ3) is 12.5. The summed E-state index contributed by atoms with van der Waals surface area (Å²) in [5.41, 5.74) is 0.752. The van der Waals surface area contributed by atoms with Crippen LogP contribution < -0.4 is 16.0 Å². The van der Waals surface area contributed by atoms with E-state index in [0.717, 1.165) is 63.7 Å². The minimum atomic E-state index is -0.557. The third-order valence-corrected chi connectivity index (χ3v) is 6.19. The number of likely N-dealkylation sites (N-methyl/N-ethyl adjacent to an activating group) is 2. The number of morpholine rings is 1. The number of nitrogens with one attached hydrogen (secondary N) is 3. The number of carbonyl (C=O) groups is 2. The molecule has 0 aliphatic carbocycles. The lowest BCUT2D eigenvalue weighted by Crippen LogP contribution is -2.45. The molecular weight excluding hydrogens is 496 g/mol. The first-order chi connectivity index (χ1) is 18.8. The minimum absolute atomic E-state index is 0.184. The third-order valence-electron chi connectivity index (χ3n) is 6.19. The van der Waals surface area contributed by atoms with Crippen LogP contribution >= 0.6 is 0 Å². The standard InChI is InChI=1S/C28H46N8O3/c1-6-13-29-26-24(22-32-28(33-26)31-15-17-36-18-20-39-21-19-36)11-8-7-9-14-30-27(38)23(2)35(5)25(37)12-10-16-34(3)4/h10,12,22-23H,6-7,9,13-21H2,1-5H3,(H,30,38)(H2,29,31,32,33)/b12-10+/t23-/m0/s1. The SMILES string of the molecule is CCCNc1nc(NCCN2CCOCC2)ncc1C#CCCCNC(=O)[C@H](C)N(C)C(=O)/C=C/CN(C)C. The molecule has 0 unspecified atom stereocenters. The Hall–Kier alpha value is -3.20. The van der Waals surface area contributed by atoms with Gasteiger partial charge in [0, 0.05) is 65.4 Å². The van der Waals surface area contributed by atoms with Crippen molar-refractivity contribution in [1.82, 2.24) is 30.0 Å². The number of carbonyl (C=O) groups excluding carboxylic acids is 2. The summed E-state index contributed by atoms with van der Waals surface area (Å²) in [5.74, 6) is 7.26. The van der Waals surface area contributed by atoms with E-state index in [1.54, 1.807) is 26.2 Å². The van der Waals surface area contributed by atoms with Gasteiger partial charge in [0.25, 0.3) is 0 Å². The Morgan fingerprint density at radius 1 is 1.18 bits per heavy atom. The van der Waals surface area contributed by atoms with Gasteiger partial charge in [-0.3, -0.25) is 14.5 Å². The highest BCUT2D eigenvalue weighted by molar-refractivity contribution is 5.92. The zero-order valence-corrected chi connectivity index (χ0v) is 24.3. The largest absolute Gasteiger partial charge is 0.379 e. The molecule has 2 amide bonds. The van der Waals surface area contributed by atoms with Crippen LogP contribution in [0.2, 0.25) is 0 Å². The highest BCUT2D eigenvalue weighted by atomic mass is 16.5. The predicted molar refractivity (Wildman–Crippen MR) is 156 cm³/mol. The van der Waals surface area contributed by atoms with Gasteiger partial charge in [0.1, 0.15) is 11.9 Å². The van der Waals surface area contributed by atoms with Crippen LogP contribution in [0, 0.1) is 11.8 Å². The van der Waals surface area contributed by atoms with Crippen LogP contribution in [0.5, 0.6) is 0 Å². The molecule has 11 heteroatoms. The van der Waals surface area contributed by atoms with Crippen LogP contribution in [0.25, 0.3) is 0 Å². The number of amides is 2. The van der Waals surface area contributed by atoms with Crippen LogP contribution in [0.15, 0.2) is 18.3 Å². The second-order valence-electron chi connectivity index (χ2n) is 9.75. The number of hydrogen-bond donors (Lipinski definition) is 3. The quantitative estimate of drug-likeness (QED) is 0.171. The van der Waals surface area contributed by atoms with Gasteiger partial charge in [0.15, 0.2) is 0 Å². The first kappa shape index (κ1) is 32.0. The van der Waals surface area contributed by atoms with Crippen LogP contribution in [0.1, 0.15) is 38.7 Å². The molecule has 1 aromatic heterocycles. The maximum atomic E-state index is 12.5. The molecule has 1 aromatic rings. The molecule has 0 radical (unpaired) electrons. The van der Waals surface area contributed by atoms with Crippen molar-refractivity contribution in [2.75, 3.05) is 90.8 Å². The molecule has 1 atom stereocenters. The molecule has 1 fully saturated rings. The van der Waals surface area contributed by atoms with Crippen molar-refractivity contribution in [3.8, 4) is 11.8 Å². The zero-order valence-electron chi connectivity index (χ0n) is 24.3. The van der Waals surface area contributed by atoms with Crippen LogP contribution in [0.3, 0.4) is 0 Å². The molecule has 0 aromatic carbocycles. The van der Waals surface area contributed by atoms with E-state index < -0.39 is 6.04 Å². The van der Waals surface area contributed by atoms with Gasteiger partial charge in [0.2, 0.25) is 17.8 Å². The van der Waals surface area contributed by atoms with Gasteiger partial charge in [-0.2, -0.15) is 4.98 Å². The Labute approximate surface area is 233 Å². The molecule has 1 saturated heterocycles. The topological polar surface area (TPSA) is 115 Å². The summed E-state index contributed by atoms with van der Waals surface area (Å²) in [6.45, 7) is 10.9. The first-order valence-corrected chi connectivity index (χ1v) is 13.8. The predicted octanol–water partition coefficient (Wildman–Crippen LogP) is 1.26. The molecule has 2 heterocycles. The van der Waals surface area contributed by atoms with Crippen molar-refractivity contribution in [3.63, 3.8) is 0 Å². The molecule has 39 heavy (non-hydrogen) atoms. The van der Waals surface area contributed by atoms with Gasteiger partial charge in [-0.25, -0.2) is 4.98 Å². The molecule has 0 bridgehead atoms.